The van der Waals surface area contributed by atoms with E-state index in [0.29, 0.717) is 5.57 Å². The van der Waals surface area contributed by atoms with Gasteiger partial charge >= 0.3 is 0 Å². The molecule has 0 saturated carbocycles. The Morgan fingerprint density at radius 2 is 2.20 bits per heavy atom. The van der Waals surface area contributed by atoms with Crippen LogP contribution in [0.2, 0.25) is 0 Å². The fourth-order valence-electron chi connectivity index (χ4n) is 1.36. The first-order chi connectivity index (χ1) is 7.31. The van der Waals surface area contributed by atoms with Crippen molar-refractivity contribution < 1.29 is 9.53 Å². The molecule has 1 aliphatic rings. The molecule has 1 amide bonds. The van der Waals surface area contributed by atoms with Crippen LogP contribution in [0.25, 0.3) is 6.08 Å². The van der Waals surface area contributed by atoms with Crippen LogP contribution in [0.1, 0.15) is 5.56 Å². The summed E-state index contributed by atoms with van der Waals surface area (Å²) in [4.78, 5) is 21.1. The summed E-state index contributed by atoms with van der Waals surface area (Å²) in [7, 11) is 0. The fourth-order valence-corrected chi connectivity index (χ4v) is 1.36. The van der Waals surface area contributed by atoms with Gasteiger partial charge in [0.25, 0.3) is 5.91 Å². The van der Waals surface area contributed by atoms with E-state index in [1.807, 2.05) is 29.7 Å². The summed E-state index contributed by atoms with van der Waals surface area (Å²) in [5.41, 5.74) is 3.03. The molecule has 0 radical (unpaired) electrons. The Morgan fingerprint density at radius 1 is 1.40 bits per heavy atom. The van der Waals surface area contributed by atoms with Crippen molar-refractivity contribution in [1.82, 2.24) is 5.43 Å². The van der Waals surface area contributed by atoms with Crippen LogP contribution < -0.4 is 10.2 Å². The molecule has 1 aromatic rings. The van der Waals surface area contributed by atoms with Crippen molar-refractivity contribution in [2.75, 3.05) is 6.61 Å². The van der Waals surface area contributed by atoms with E-state index >= 15 is 0 Å². The maximum Gasteiger partial charge on any atom is 0.273 e. The number of nitroso groups, excluding NO2 is 1. The average Bonchev–Trinajstić information content (AvgIpc) is 2.29. The van der Waals surface area contributed by atoms with E-state index in [9.17, 15) is 9.70 Å². The van der Waals surface area contributed by atoms with E-state index in [2.05, 4.69) is 5.29 Å². The van der Waals surface area contributed by atoms with Crippen molar-refractivity contribution in [2.45, 2.75) is 0 Å². The third-order valence-corrected chi connectivity index (χ3v) is 2.07. The quantitative estimate of drug-likeness (QED) is 0.582. The van der Waals surface area contributed by atoms with Crippen molar-refractivity contribution in [3.63, 3.8) is 0 Å². The molecule has 0 saturated heterocycles. The number of hydrogen-bond donors (Lipinski definition) is 1. The van der Waals surface area contributed by atoms with E-state index < -0.39 is 5.91 Å². The van der Waals surface area contributed by atoms with Gasteiger partial charge in [-0.25, -0.2) is 5.43 Å². The summed E-state index contributed by atoms with van der Waals surface area (Å²) in [5, 5.41) is 2.32. The lowest BCUT2D eigenvalue weighted by molar-refractivity contribution is -0.117. The Bertz CT molecular complexity index is 440. The number of benzene rings is 1. The maximum atomic E-state index is 11.3. The predicted molar refractivity (Wildman–Crippen MR) is 53.9 cm³/mol. The van der Waals surface area contributed by atoms with E-state index in [1.165, 1.54) is 0 Å². The SMILES string of the molecule is O=NNC(=O)C1=Cc2ccccc2OC1. The summed E-state index contributed by atoms with van der Waals surface area (Å²) in [5.74, 6) is 0.201. The Balaban J connectivity index is 2.29. The molecule has 5 heteroatoms. The molecule has 0 bridgehead atoms. The molecule has 76 valence electrons. The van der Waals surface area contributed by atoms with E-state index in [1.54, 1.807) is 6.08 Å². The third-order valence-electron chi connectivity index (χ3n) is 2.07. The monoisotopic (exact) mass is 204 g/mol. The fraction of sp³-hybridized carbons (Fsp3) is 0.100. The second-order valence-electron chi connectivity index (χ2n) is 3.03. The highest BCUT2D eigenvalue weighted by atomic mass is 16.5. The smallest absolute Gasteiger partial charge is 0.273 e. The Labute approximate surface area is 85.7 Å². The minimum absolute atomic E-state index is 0.151. The van der Waals surface area contributed by atoms with Crippen molar-refractivity contribution in [3.8, 4) is 5.75 Å². The van der Waals surface area contributed by atoms with Gasteiger partial charge in [-0.3, -0.25) is 4.79 Å². The molecular formula is C10H8N2O3. The van der Waals surface area contributed by atoms with E-state index in [-0.39, 0.29) is 6.61 Å². The van der Waals surface area contributed by atoms with Crippen molar-refractivity contribution in [2.24, 2.45) is 5.29 Å². The maximum absolute atomic E-state index is 11.3. The van der Waals surface area contributed by atoms with Crippen LogP contribution in [0.5, 0.6) is 5.75 Å². The number of hydrogen-bond acceptors (Lipinski definition) is 4. The lowest BCUT2D eigenvalue weighted by atomic mass is 10.1. The zero-order valence-corrected chi connectivity index (χ0v) is 7.77. The number of nitrogens with one attached hydrogen (secondary N) is 1. The second-order valence-corrected chi connectivity index (χ2v) is 3.03. The highest BCUT2D eigenvalue weighted by molar-refractivity contribution is 5.98. The summed E-state index contributed by atoms with van der Waals surface area (Å²) in [6, 6.07) is 7.34. The predicted octanol–water partition coefficient (Wildman–Crippen LogP) is 1.26. The molecule has 0 spiro atoms. The minimum atomic E-state index is -0.528. The van der Waals surface area contributed by atoms with Crippen molar-refractivity contribution >= 4 is 12.0 Å². The number of nitrogens with zero attached hydrogens (tertiary/aromatic N) is 1. The van der Waals surface area contributed by atoms with Gasteiger partial charge in [0, 0.05) is 5.56 Å². The standard InChI is InChI=1S/C10H8N2O3/c13-10(11-12-14)8-5-7-3-1-2-4-9(7)15-6-8/h1-5H,6H2,(H,11,13,14). The molecular weight excluding hydrogens is 196 g/mol. The van der Waals surface area contributed by atoms with Crippen molar-refractivity contribution in [1.29, 1.82) is 0 Å². The minimum Gasteiger partial charge on any atom is -0.488 e. The topological polar surface area (TPSA) is 67.8 Å². The number of para-hydroxylation sites is 1. The van der Waals surface area contributed by atoms with Crippen LogP contribution in [0.3, 0.4) is 0 Å². The molecule has 5 nitrogen and oxygen atoms in total. The zero-order valence-electron chi connectivity index (χ0n) is 7.77. The number of fused-ring (bicyclic) bond motifs is 1. The molecule has 0 aromatic heterocycles. The highest BCUT2D eigenvalue weighted by Crippen LogP contribution is 2.25. The molecule has 0 fully saturated rings. The molecule has 1 heterocycles. The van der Waals surface area contributed by atoms with E-state index in [4.69, 9.17) is 4.74 Å². The van der Waals surface area contributed by atoms with Gasteiger partial charge in [0.15, 0.2) is 0 Å². The van der Waals surface area contributed by atoms with Gasteiger partial charge in [0.1, 0.15) is 12.4 Å². The largest absolute Gasteiger partial charge is 0.488 e. The first kappa shape index (κ1) is 9.39. The van der Waals surface area contributed by atoms with Crippen LogP contribution in [0.4, 0.5) is 0 Å². The third kappa shape index (κ3) is 1.85. The second kappa shape index (κ2) is 3.91. The molecule has 1 N–H and O–H groups in total. The Morgan fingerprint density at radius 3 is 3.00 bits per heavy atom. The Hall–Kier alpha value is -2.17. The average molecular weight is 204 g/mol. The van der Waals surface area contributed by atoms with Gasteiger partial charge in [-0.15, -0.1) is 4.91 Å². The number of carbonyl (C=O) groups excluding carboxylic acids is 1. The number of ether oxygens (including phenoxy) is 1. The number of amides is 1. The van der Waals surface area contributed by atoms with E-state index in [0.717, 1.165) is 11.3 Å². The molecule has 1 aromatic carbocycles. The number of carbonyl (C=O) groups is 1. The molecule has 0 aliphatic carbocycles. The van der Waals surface area contributed by atoms with Gasteiger partial charge in [-0.05, 0) is 12.1 Å². The Kier molecular flexibility index (Phi) is 2.45. The summed E-state index contributed by atoms with van der Waals surface area (Å²) >= 11 is 0. The molecule has 2 rings (SSSR count). The summed E-state index contributed by atoms with van der Waals surface area (Å²) in [6.07, 6.45) is 1.68. The normalized spacial score (nSPS) is 13.2. The van der Waals surface area contributed by atoms with Crippen LogP contribution in [-0.4, -0.2) is 12.5 Å². The van der Waals surface area contributed by atoms with Crippen LogP contribution in [0, 0.1) is 4.91 Å². The highest BCUT2D eigenvalue weighted by Gasteiger charge is 2.16. The van der Waals surface area contributed by atoms with Gasteiger partial charge < -0.3 is 4.74 Å². The van der Waals surface area contributed by atoms with Gasteiger partial charge in [-0.1, -0.05) is 18.2 Å². The first-order valence-electron chi connectivity index (χ1n) is 4.36. The van der Waals surface area contributed by atoms with Gasteiger partial charge in [0.05, 0.1) is 10.9 Å². The van der Waals surface area contributed by atoms with Gasteiger partial charge in [-0.2, -0.15) is 0 Å². The first-order valence-corrected chi connectivity index (χ1v) is 4.36. The lowest BCUT2D eigenvalue weighted by Gasteiger charge is -2.15. The van der Waals surface area contributed by atoms with Gasteiger partial charge in [0.2, 0.25) is 0 Å². The van der Waals surface area contributed by atoms with Crippen molar-refractivity contribution in [3.05, 3.63) is 40.3 Å². The van der Waals surface area contributed by atoms with Crippen LogP contribution >= 0.6 is 0 Å². The number of rotatable bonds is 2. The molecule has 0 atom stereocenters. The summed E-state index contributed by atoms with van der Waals surface area (Å²) < 4.78 is 5.33. The lowest BCUT2D eigenvalue weighted by Crippen LogP contribution is -2.24. The van der Waals surface area contributed by atoms with Crippen LogP contribution in [0.15, 0.2) is 35.1 Å². The zero-order chi connectivity index (χ0) is 10.7. The summed E-state index contributed by atoms with van der Waals surface area (Å²) in [6.45, 7) is 0.151. The molecule has 0 unspecified atom stereocenters. The molecule has 15 heavy (non-hydrogen) atoms. The molecule has 1 aliphatic heterocycles. The van der Waals surface area contributed by atoms with Crippen LogP contribution in [-0.2, 0) is 4.79 Å².